The van der Waals surface area contributed by atoms with Gasteiger partial charge < -0.3 is 106 Å². The minimum Gasteiger partial charge on any atom is -0.480 e. The number of aromatic nitrogens is 1. The summed E-state index contributed by atoms with van der Waals surface area (Å²) in [6.07, 6.45) is -3.31. The summed E-state index contributed by atoms with van der Waals surface area (Å²) in [6.45, 7) is 1.96. The van der Waals surface area contributed by atoms with E-state index >= 15 is 14.4 Å². The molecule has 106 heavy (non-hydrogen) atoms. The first-order chi connectivity index (χ1) is 50.5. The number of thiol groups is 2. The first kappa shape index (κ1) is 86.1. The molecule has 574 valence electrons. The van der Waals surface area contributed by atoms with Crippen molar-refractivity contribution in [2.75, 3.05) is 31.2 Å². The van der Waals surface area contributed by atoms with Gasteiger partial charge in [0.25, 0.3) is 0 Å². The SMILES string of the molecule is C[C@H](NC(=O)CNC(=O)[C@H](CS)NC(=O)[C@H](CC(N)=O)NC(=O)[C@H](Cc1ccccc1)NC(=O)[C@H](Cc1ccccc1)NC(=O)[C@H](Cc1c[nH]c2ccccc12)NC(=O)[C@H](CCCCN)NC(=O)[C@@H](NC(=O)[C@H](Cc1ccccc1)NC(=O)[C@@H](NC(=O)[C@H](CO)NC(=O)[C@@H](N)CS)[C@@H](C)O)[C@@H](C)O)C(=O)O. The third-order valence-corrected chi connectivity index (χ3v) is 17.3. The summed E-state index contributed by atoms with van der Waals surface area (Å²) in [6, 6.07) is 12.7. The highest BCUT2D eigenvalue weighted by Gasteiger charge is 2.39. The van der Waals surface area contributed by atoms with Gasteiger partial charge in [0.1, 0.15) is 66.5 Å². The summed E-state index contributed by atoms with van der Waals surface area (Å²) in [5.74, 6) is -15.2. The first-order valence-electron chi connectivity index (χ1n) is 33.9. The number of aromatic amines is 1. The van der Waals surface area contributed by atoms with Crippen molar-refractivity contribution in [1.82, 2.24) is 68.8 Å². The highest BCUT2D eigenvalue weighted by Crippen LogP contribution is 2.20. The molecule has 23 N–H and O–H groups in total. The summed E-state index contributed by atoms with van der Waals surface area (Å²) in [4.78, 5) is 195. The van der Waals surface area contributed by atoms with Crippen LogP contribution in [0.15, 0.2) is 121 Å². The van der Waals surface area contributed by atoms with E-state index in [9.17, 15) is 68.1 Å². The number of hydrogen-bond acceptors (Lipinski definition) is 21. The maximum absolute atomic E-state index is 15.3. The number of aliphatic carboxylic acids is 1. The number of fused-ring (bicyclic) bond motifs is 1. The summed E-state index contributed by atoms with van der Waals surface area (Å²) < 4.78 is 0. The van der Waals surface area contributed by atoms with Gasteiger partial charge in [-0.1, -0.05) is 109 Å². The molecule has 0 saturated carbocycles. The molecule has 0 unspecified atom stereocenters. The predicted octanol–water partition coefficient (Wildman–Crippen LogP) is -5.06. The van der Waals surface area contributed by atoms with Gasteiger partial charge in [-0.25, -0.2) is 0 Å². The number of primary amides is 1. The van der Waals surface area contributed by atoms with Gasteiger partial charge in [-0.2, -0.15) is 25.3 Å². The van der Waals surface area contributed by atoms with Crippen molar-refractivity contribution in [2.24, 2.45) is 17.2 Å². The number of benzene rings is 4. The molecule has 0 aliphatic rings. The Hall–Kier alpha value is -10.5. The molecule has 0 fully saturated rings. The van der Waals surface area contributed by atoms with Crippen LogP contribution in [0.5, 0.6) is 0 Å². The molecular weight excluding hydrogens is 1420 g/mol. The number of nitrogens with one attached hydrogen (secondary N) is 13. The molecular formula is C70H94N16O18S2. The number of aliphatic hydroxyl groups is 3. The molecule has 13 amide bonds. The van der Waals surface area contributed by atoms with Gasteiger partial charge in [0.2, 0.25) is 76.8 Å². The Morgan fingerprint density at radius 2 is 0.849 bits per heavy atom. The fraction of sp³-hybridized carbons (Fsp3) is 0.429. The lowest BCUT2D eigenvalue weighted by Gasteiger charge is -2.29. The molecule has 0 bridgehead atoms. The van der Waals surface area contributed by atoms with Crippen molar-refractivity contribution in [2.45, 2.75) is 157 Å². The quantitative estimate of drug-likeness (QED) is 0.0128. The van der Waals surface area contributed by atoms with Crippen LogP contribution in [0, 0.1) is 0 Å². The van der Waals surface area contributed by atoms with Gasteiger partial charge in [0.15, 0.2) is 0 Å². The Bertz CT molecular complexity index is 3820. The van der Waals surface area contributed by atoms with E-state index < -0.39 is 187 Å². The molecule has 4 aromatic carbocycles. The second-order valence-electron chi connectivity index (χ2n) is 25.0. The number of para-hydroxylation sites is 1. The van der Waals surface area contributed by atoms with Crippen LogP contribution < -0.4 is 81.0 Å². The van der Waals surface area contributed by atoms with Gasteiger partial charge in [-0.3, -0.25) is 67.1 Å². The van der Waals surface area contributed by atoms with Gasteiger partial charge in [-0.15, -0.1) is 0 Å². The van der Waals surface area contributed by atoms with Gasteiger partial charge >= 0.3 is 5.97 Å². The number of unbranched alkanes of at least 4 members (excludes halogenated alkanes) is 1. The second kappa shape index (κ2) is 43.7. The lowest BCUT2D eigenvalue weighted by Crippen LogP contribution is -2.63. The van der Waals surface area contributed by atoms with E-state index in [1.165, 1.54) is 6.92 Å². The lowest BCUT2D eigenvalue weighted by atomic mass is 10.00. The predicted molar refractivity (Wildman–Crippen MR) is 393 cm³/mol. The molecule has 1 aromatic heterocycles. The molecule has 0 saturated heterocycles. The van der Waals surface area contributed by atoms with Crippen molar-refractivity contribution >= 4 is 119 Å². The topological polar surface area (TPSA) is 558 Å². The second-order valence-corrected chi connectivity index (χ2v) is 25.8. The highest BCUT2D eigenvalue weighted by atomic mass is 32.1. The van der Waals surface area contributed by atoms with Gasteiger partial charge in [0, 0.05) is 54.3 Å². The maximum Gasteiger partial charge on any atom is 0.325 e. The molecule has 0 spiro atoms. The zero-order valence-electron chi connectivity index (χ0n) is 58.5. The smallest absolute Gasteiger partial charge is 0.325 e. The minimum atomic E-state index is -1.88. The number of amides is 13. The third kappa shape index (κ3) is 27.8. The van der Waals surface area contributed by atoms with Gasteiger partial charge in [0.05, 0.1) is 37.8 Å². The van der Waals surface area contributed by atoms with Crippen LogP contribution in [0.3, 0.4) is 0 Å². The van der Waals surface area contributed by atoms with Crippen LogP contribution >= 0.6 is 25.3 Å². The molecule has 0 aliphatic carbocycles. The Balaban J connectivity index is 1.46. The number of nitrogens with two attached hydrogens (primary N) is 3. The summed E-state index contributed by atoms with van der Waals surface area (Å²) >= 11 is 8.10. The maximum atomic E-state index is 15.3. The van der Waals surface area contributed by atoms with Crippen molar-refractivity contribution in [1.29, 1.82) is 0 Å². The van der Waals surface area contributed by atoms with Crippen LogP contribution in [0.4, 0.5) is 0 Å². The minimum absolute atomic E-state index is 0.123. The Morgan fingerprint density at radius 1 is 0.453 bits per heavy atom. The highest BCUT2D eigenvalue weighted by molar-refractivity contribution is 7.80. The van der Waals surface area contributed by atoms with E-state index in [-0.39, 0.29) is 56.6 Å². The summed E-state index contributed by atoms with van der Waals surface area (Å²) in [7, 11) is 0. The number of hydrogen-bond donors (Lipinski definition) is 22. The molecule has 5 aromatic rings. The fourth-order valence-electron chi connectivity index (χ4n) is 10.7. The number of H-pyrrole nitrogens is 1. The third-order valence-electron chi connectivity index (χ3n) is 16.6. The molecule has 0 aliphatic heterocycles. The van der Waals surface area contributed by atoms with E-state index in [0.717, 1.165) is 13.8 Å². The van der Waals surface area contributed by atoms with Crippen LogP contribution in [-0.2, 0) is 92.8 Å². The monoisotopic (exact) mass is 1510 g/mol. The van der Waals surface area contributed by atoms with E-state index in [4.69, 9.17) is 22.3 Å². The van der Waals surface area contributed by atoms with Crippen LogP contribution in [0.1, 0.15) is 68.7 Å². The number of rotatable bonds is 44. The van der Waals surface area contributed by atoms with Crippen molar-refractivity contribution in [3.05, 3.63) is 144 Å². The average molecular weight is 1510 g/mol. The van der Waals surface area contributed by atoms with Crippen LogP contribution in [0.25, 0.3) is 10.9 Å². The fourth-order valence-corrected chi connectivity index (χ4v) is 11.1. The summed E-state index contributed by atoms with van der Waals surface area (Å²) in [5.41, 5.74) is 19.7. The first-order valence-corrected chi connectivity index (χ1v) is 35.2. The number of aliphatic hydroxyl groups excluding tert-OH is 3. The standard InChI is InChI=1S/C70H94N16O18S2/c1-37(70(103)104)76-56(91)33-75-60(93)54(36-106)84-65(98)52(31-55(73)90)81-63(96)49(28-41-19-9-5-10-20-41)78-62(95)48(27-40-17-7-4-8-18-40)79-64(97)51(30-43-32-74-46-24-14-13-23-44(43)46)80-61(94)47(25-15-16-26-71)77-68(101)57(38(2)88)85-66(99)50(29-42-21-11-6-12-22-42)82-69(102)58(39(3)89)86-67(100)53(34-87)83-59(92)45(72)35-105/h4-14,17-24,32,37-39,45,47-54,57-58,74,87-89,105-106H,15-16,25-31,33-36,71-72H2,1-3H3,(H2,73,90)(H,75,93)(H,76,91)(H,77,101)(H,78,95)(H,79,97)(H,80,94)(H,81,96)(H,82,102)(H,83,92)(H,84,98)(H,85,99)(H,86,100)(H,103,104)/t37-,38+,39+,45-,47-,48-,49-,50-,51-,52-,53-,54-,57-,58-/m0/s1. The normalized spacial score (nSPS) is 15.1. The molecule has 36 heteroatoms. The van der Waals surface area contributed by atoms with Crippen molar-refractivity contribution < 1.29 is 87.5 Å². The van der Waals surface area contributed by atoms with Crippen LogP contribution in [0.2, 0.25) is 0 Å². The van der Waals surface area contributed by atoms with Crippen molar-refractivity contribution in [3.63, 3.8) is 0 Å². The Morgan fingerprint density at radius 3 is 1.29 bits per heavy atom. The molecule has 1 heterocycles. The molecule has 5 rings (SSSR count). The van der Waals surface area contributed by atoms with E-state index in [0.29, 0.717) is 39.6 Å². The zero-order chi connectivity index (χ0) is 78.2. The number of carboxylic acid groups (broad SMARTS) is 1. The number of carboxylic acids is 1. The average Bonchev–Trinajstić information content (AvgIpc) is 1.69. The lowest BCUT2D eigenvalue weighted by molar-refractivity contribution is -0.141. The number of carbonyl (C=O) groups is 14. The molecule has 34 nitrogen and oxygen atoms in total. The van der Waals surface area contributed by atoms with E-state index in [2.05, 4.69) is 94.0 Å². The van der Waals surface area contributed by atoms with Crippen LogP contribution in [-0.4, -0.2) is 224 Å². The number of carbonyl (C=O) groups excluding carboxylic acids is 13. The zero-order valence-corrected chi connectivity index (χ0v) is 60.2. The van der Waals surface area contributed by atoms with E-state index in [1.807, 2.05) is 0 Å². The Labute approximate surface area is 621 Å². The van der Waals surface area contributed by atoms with E-state index in [1.54, 1.807) is 121 Å². The van der Waals surface area contributed by atoms with Gasteiger partial charge in [-0.05, 0) is 74.9 Å². The Kier molecular flexibility index (Phi) is 35.5. The largest absolute Gasteiger partial charge is 0.480 e. The molecule has 0 radical (unpaired) electrons. The molecule has 14 atom stereocenters. The van der Waals surface area contributed by atoms with Crippen molar-refractivity contribution in [3.8, 4) is 0 Å². The summed E-state index contributed by atoms with van der Waals surface area (Å²) in [5, 5.41) is 71.1.